The highest BCUT2D eigenvalue weighted by atomic mass is 19.1. The molecule has 0 spiro atoms. The molecule has 0 aliphatic heterocycles. The van der Waals surface area contributed by atoms with E-state index in [9.17, 15) is 18.9 Å². The number of nitro groups is 1. The molecule has 0 unspecified atom stereocenters. The second-order valence-corrected chi connectivity index (χ2v) is 3.85. The summed E-state index contributed by atoms with van der Waals surface area (Å²) in [6.07, 6.45) is 0. The first-order valence-electron chi connectivity index (χ1n) is 5.56. The standard InChI is InChI=1S/C12H10F2N4O2/c1-15-11-3-2-10(18(19)20)12(17-11)16-9-5-7(13)4-8(14)6-9/h2-6H,1H3,(H2,15,16,17). The highest BCUT2D eigenvalue weighted by Gasteiger charge is 2.16. The van der Waals surface area contributed by atoms with Crippen molar-refractivity contribution in [1.82, 2.24) is 4.98 Å². The summed E-state index contributed by atoms with van der Waals surface area (Å²) in [4.78, 5) is 14.2. The van der Waals surface area contributed by atoms with Crippen LogP contribution >= 0.6 is 0 Å². The number of anilines is 3. The summed E-state index contributed by atoms with van der Waals surface area (Å²) in [7, 11) is 1.60. The number of nitrogens with one attached hydrogen (secondary N) is 2. The topological polar surface area (TPSA) is 80.1 Å². The van der Waals surface area contributed by atoms with Crippen LogP contribution in [0.2, 0.25) is 0 Å². The first-order valence-corrected chi connectivity index (χ1v) is 5.56. The van der Waals surface area contributed by atoms with E-state index >= 15 is 0 Å². The fourth-order valence-corrected chi connectivity index (χ4v) is 1.59. The van der Waals surface area contributed by atoms with Gasteiger partial charge in [-0.3, -0.25) is 10.1 Å². The number of halogens is 2. The van der Waals surface area contributed by atoms with Crippen molar-refractivity contribution in [1.29, 1.82) is 0 Å². The van der Waals surface area contributed by atoms with Crippen molar-refractivity contribution in [3.63, 3.8) is 0 Å². The minimum atomic E-state index is -0.792. The molecule has 1 aromatic heterocycles. The van der Waals surface area contributed by atoms with Crippen LogP contribution < -0.4 is 10.6 Å². The van der Waals surface area contributed by atoms with Gasteiger partial charge in [0.1, 0.15) is 17.5 Å². The Hall–Kier alpha value is -2.77. The largest absolute Gasteiger partial charge is 0.373 e. The number of nitrogens with zero attached hydrogens (tertiary/aromatic N) is 2. The molecule has 0 fully saturated rings. The van der Waals surface area contributed by atoms with Crippen molar-refractivity contribution in [2.75, 3.05) is 17.7 Å². The number of hydrogen-bond acceptors (Lipinski definition) is 5. The van der Waals surface area contributed by atoms with Gasteiger partial charge in [0.2, 0.25) is 5.82 Å². The Bertz CT molecular complexity index is 644. The lowest BCUT2D eigenvalue weighted by atomic mass is 10.3. The summed E-state index contributed by atoms with van der Waals surface area (Å²) in [5.41, 5.74) is -0.264. The van der Waals surface area contributed by atoms with E-state index in [1.165, 1.54) is 12.1 Å². The third-order valence-electron chi connectivity index (χ3n) is 2.45. The molecule has 0 bridgehead atoms. The Balaban J connectivity index is 2.42. The van der Waals surface area contributed by atoms with Gasteiger partial charge < -0.3 is 10.6 Å². The van der Waals surface area contributed by atoms with E-state index in [2.05, 4.69) is 15.6 Å². The summed E-state index contributed by atoms with van der Waals surface area (Å²) < 4.78 is 26.2. The molecule has 1 heterocycles. The molecule has 2 aromatic rings. The van der Waals surface area contributed by atoms with E-state index < -0.39 is 16.6 Å². The lowest BCUT2D eigenvalue weighted by Gasteiger charge is -2.08. The third kappa shape index (κ3) is 2.97. The fourth-order valence-electron chi connectivity index (χ4n) is 1.59. The number of aromatic nitrogens is 1. The zero-order valence-corrected chi connectivity index (χ0v) is 10.4. The van der Waals surface area contributed by atoms with Gasteiger partial charge in [-0.15, -0.1) is 0 Å². The lowest BCUT2D eigenvalue weighted by Crippen LogP contribution is -2.02. The van der Waals surface area contributed by atoms with Gasteiger partial charge in [0.05, 0.1) is 4.92 Å². The number of rotatable bonds is 4. The zero-order chi connectivity index (χ0) is 14.7. The lowest BCUT2D eigenvalue weighted by molar-refractivity contribution is -0.384. The van der Waals surface area contributed by atoms with Crippen molar-refractivity contribution in [3.05, 3.63) is 52.1 Å². The van der Waals surface area contributed by atoms with Crippen LogP contribution in [0.5, 0.6) is 0 Å². The van der Waals surface area contributed by atoms with Crippen LogP contribution in [0, 0.1) is 21.7 Å². The van der Waals surface area contributed by atoms with Crippen LogP contribution in [0.25, 0.3) is 0 Å². The van der Waals surface area contributed by atoms with E-state index in [1.54, 1.807) is 7.05 Å². The van der Waals surface area contributed by atoms with E-state index in [1.807, 2.05) is 0 Å². The van der Waals surface area contributed by atoms with Crippen LogP contribution in [0.4, 0.5) is 31.8 Å². The van der Waals surface area contributed by atoms with Gasteiger partial charge in [0, 0.05) is 24.9 Å². The molecule has 8 heteroatoms. The van der Waals surface area contributed by atoms with E-state index in [4.69, 9.17) is 0 Å². The van der Waals surface area contributed by atoms with Gasteiger partial charge in [0.15, 0.2) is 0 Å². The molecule has 6 nitrogen and oxygen atoms in total. The highest BCUT2D eigenvalue weighted by Crippen LogP contribution is 2.27. The van der Waals surface area contributed by atoms with Crippen LogP contribution in [-0.4, -0.2) is 17.0 Å². The Labute approximate surface area is 112 Å². The molecule has 0 aliphatic carbocycles. The second kappa shape index (κ2) is 5.47. The van der Waals surface area contributed by atoms with E-state index in [0.29, 0.717) is 11.9 Å². The van der Waals surface area contributed by atoms with Crippen LogP contribution in [0.1, 0.15) is 0 Å². The van der Waals surface area contributed by atoms with E-state index in [0.717, 1.165) is 12.1 Å². The van der Waals surface area contributed by atoms with Crippen LogP contribution in [0.15, 0.2) is 30.3 Å². The summed E-state index contributed by atoms with van der Waals surface area (Å²) in [5, 5.41) is 16.2. The maximum atomic E-state index is 13.1. The molecule has 2 rings (SSSR count). The first-order chi connectivity index (χ1) is 9.49. The zero-order valence-electron chi connectivity index (χ0n) is 10.4. The predicted octanol–water partition coefficient (Wildman–Crippen LogP) is 3.05. The Morgan fingerprint density at radius 2 is 1.85 bits per heavy atom. The molecule has 0 amide bonds. The van der Waals surface area contributed by atoms with Gasteiger partial charge in [-0.2, -0.15) is 0 Å². The molecular formula is C12H10F2N4O2. The average Bonchev–Trinajstić information content (AvgIpc) is 2.37. The maximum Gasteiger partial charge on any atom is 0.311 e. The van der Waals surface area contributed by atoms with Crippen molar-refractivity contribution in [2.24, 2.45) is 0 Å². The minimum absolute atomic E-state index is 0.0337. The van der Waals surface area contributed by atoms with Crippen LogP contribution in [-0.2, 0) is 0 Å². The Morgan fingerprint density at radius 3 is 2.40 bits per heavy atom. The van der Waals surface area contributed by atoms with Gasteiger partial charge >= 0.3 is 5.69 Å². The number of benzene rings is 1. The van der Waals surface area contributed by atoms with Crippen molar-refractivity contribution in [2.45, 2.75) is 0 Å². The van der Waals surface area contributed by atoms with Crippen molar-refractivity contribution < 1.29 is 13.7 Å². The van der Waals surface area contributed by atoms with E-state index in [-0.39, 0.29) is 17.2 Å². The smallest absolute Gasteiger partial charge is 0.311 e. The third-order valence-corrected chi connectivity index (χ3v) is 2.45. The summed E-state index contributed by atoms with van der Waals surface area (Å²) >= 11 is 0. The van der Waals surface area contributed by atoms with Gasteiger partial charge in [-0.05, 0) is 18.2 Å². The Kier molecular flexibility index (Phi) is 3.74. The Morgan fingerprint density at radius 1 is 1.20 bits per heavy atom. The molecule has 0 aliphatic rings. The average molecular weight is 280 g/mol. The molecule has 0 saturated carbocycles. The first kappa shape index (κ1) is 13.7. The van der Waals surface area contributed by atoms with Crippen LogP contribution in [0.3, 0.4) is 0 Å². The second-order valence-electron chi connectivity index (χ2n) is 3.85. The minimum Gasteiger partial charge on any atom is -0.373 e. The van der Waals surface area contributed by atoms with Gasteiger partial charge in [0.25, 0.3) is 0 Å². The molecule has 0 atom stereocenters. The quantitative estimate of drug-likeness (QED) is 0.664. The fraction of sp³-hybridized carbons (Fsp3) is 0.0833. The number of hydrogen-bond donors (Lipinski definition) is 2. The monoisotopic (exact) mass is 280 g/mol. The molecule has 1 aromatic carbocycles. The van der Waals surface area contributed by atoms with Crippen molar-refractivity contribution in [3.8, 4) is 0 Å². The normalized spacial score (nSPS) is 10.2. The number of pyridine rings is 1. The molecule has 0 radical (unpaired) electrons. The maximum absolute atomic E-state index is 13.1. The summed E-state index contributed by atoms with van der Waals surface area (Å²) in [6.45, 7) is 0. The van der Waals surface area contributed by atoms with Gasteiger partial charge in [-0.25, -0.2) is 13.8 Å². The highest BCUT2D eigenvalue weighted by molar-refractivity contribution is 5.67. The SMILES string of the molecule is CNc1ccc([N+](=O)[O-])c(Nc2cc(F)cc(F)c2)n1. The predicted molar refractivity (Wildman–Crippen MR) is 70.1 cm³/mol. The van der Waals surface area contributed by atoms with Crippen molar-refractivity contribution >= 4 is 23.0 Å². The molecular weight excluding hydrogens is 270 g/mol. The van der Waals surface area contributed by atoms with Gasteiger partial charge in [-0.1, -0.05) is 0 Å². The molecule has 104 valence electrons. The molecule has 20 heavy (non-hydrogen) atoms. The molecule has 2 N–H and O–H groups in total. The molecule has 0 saturated heterocycles. The summed E-state index contributed by atoms with van der Waals surface area (Å²) in [6, 6.07) is 5.41. The summed E-state index contributed by atoms with van der Waals surface area (Å²) in [5.74, 6) is -1.30.